The molecule has 2 N–H and O–H groups in total. The summed E-state index contributed by atoms with van der Waals surface area (Å²) in [5.41, 5.74) is 1.99. The summed E-state index contributed by atoms with van der Waals surface area (Å²) in [6.07, 6.45) is 4.13. The van der Waals surface area contributed by atoms with Gasteiger partial charge in [-0.2, -0.15) is 0 Å². The van der Waals surface area contributed by atoms with E-state index in [4.69, 9.17) is 11.6 Å². The number of hydrogen-bond donors (Lipinski definition) is 2. The normalized spacial score (nSPS) is 10.3. The molecule has 0 saturated carbocycles. The van der Waals surface area contributed by atoms with Gasteiger partial charge >= 0.3 is 6.03 Å². The first-order valence-corrected chi connectivity index (χ1v) is 8.95. The zero-order chi connectivity index (χ0) is 18.9. The summed E-state index contributed by atoms with van der Waals surface area (Å²) < 4.78 is 0. The van der Waals surface area contributed by atoms with E-state index in [1.165, 1.54) is 0 Å². The van der Waals surface area contributed by atoms with E-state index in [-0.39, 0.29) is 11.9 Å². The molecule has 3 amide bonds. The van der Waals surface area contributed by atoms with Gasteiger partial charge < -0.3 is 15.5 Å². The molecule has 26 heavy (non-hydrogen) atoms. The number of pyridine rings is 1. The van der Waals surface area contributed by atoms with Crippen molar-refractivity contribution in [3.05, 3.63) is 58.9 Å². The van der Waals surface area contributed by atoms with Gasteiger partial charge in [0.1, 0.15) is 0 Å². The van der Waals surface area contributed by atoms with Crippen molar-refractivity contribution in [2.24, 2.45) is 0 Å². The quantitative estimate of drug-likeness (QED) is 0.777. The van der Waals surface area contributed by atoms with E-state index < -0.39 is 0 Å². The number of carbonyl (C=O) groups excluding carboxylic acids is 2. The van der Waals surface area contributed by atoms with Crippen molar-refractivity contribution >= 4 is 29.2 Å². The lowest BCUT2D eigenvalue weighted by Crippen LogP contribution is -2.31. The molecule has 0 aliphatic rings. The molecule has 138 valence electrons. The first kappa shape index (κ1) is 19.7. The third kappa shape index (κ3) is 5.46. The Kier molecular flexibility index (Phi) is 7.41. The van der Waals surface area contributed by atoms with Gasteiger partial charge in [0.05, 0.1) is 10.7 Å². The van der Waals surface area contributed by atoms with E-state index in [9.17, 15) is 9.59 Å². The van der Waals surface area contributed by atoms with Gasteiger partial charge in [-0.1, -0.05) is 11.6 Å². The van der Waals surface area contributed by atoms with E-state index in [1.54, 1.807) is 35.5 Å². The van der Waals surface area contributed by atoms with Crippen molar-refractivity contribution in [1.29, 1.82) is 0 Å². The van der Waals surface area contributed by atoms with Crippen molar-refractivity contribution in [3.8, 4) is 0 Å². The molecule has 7 heteroatoms. The van der Waals surface area contributed by atoms with Crippen LogP contribution in [-0.2, 0) is 6.42 Å². The van der Waals surface area contributed by atoms with Gasteiger partial charge in [0, 0.05) is 37.6 Å². The van der Waals surface area contributed by atoms with Crippen molar-refractivity contribution in [3.63, 3.8) is 0 Å². The third-order valence-electron chi connectivity index (χ3n) is 3.96. The molecule has 0 radical (unpaired) electrons. The minimum absolute atomic E-state index is 0.0900. The summed E-state index contributed by atoms with van der Waals surface area (Å²) in [6.45, 7) is 5.57. The standard InChI is InChI=1S/C19H23ClN4O2/c1-3-24(4-2)18(25)15-5-6-16(20)17(13-15)23-19(26)22-12-9-14-7-10-21-11-8-14/h5-8,10-11,13H,3-4,9,12H2,1-2H3,(H2,22,23,26). The number of aromatic nitrogens is 1. The van der Waals surface area contributed by atoms with Crippen LogP contribution < -0.4 is 10.6 Å². The number of anilines is 1. The fraction of sp³-hybridized carbons (Fsp3) is 0.316. The Bertz CT molecular complexity index is 748. The highest BCUT2D eigenvalue weighted by Crippen LogP contribution is 2.23. The molecule has 0 atom stereocenters. The number of amides is 3. The molecule has 0 aliphatic heterocycles. The van der Waals surface area contributed by atoms with E-state index in [2.05, 4.69) is 15.6 Å². The van der Waals surface area contributed by atoms with Crippen molar-refractivity contribution in [2.75, 3.05) is 25.0 Å². The van der Waals surface area contributed by atoms with Crippen molar-refractivity contribution < 1.29 is 9.59 Å². The van der Waals surface area contributed by atoms with Crippen LogP contribution in [0.15, 0.2) is 42.7 Å². The summed E-state index contributed by atoms with van der Waals surface area (Å²) in [7, 11) is 0. The van der Waals surface area contributed by atoms with Crippen LogP contribution in [0.25, 0.3) is 0 Å². The molecule has 6 nitrogen and oxygen atoms in total. The largest absolute Gasteiger partial charge is 0.339 e. The van der Waals surface area contributed by atoms with Crippen LogP contribution in [0.2, 0.25) is 5.02 Å². The van der Waals surface area contributed by atoms with Crippen LogP contribution >= 0.6 is 11.6 Å². The molecule has 0 saturated heterocycles. The molecular weight excluding hydrogens is 352 g/mol. The Morgan fingerprint density at radius 2 is 1.81 bits per heavy atom. The van der Waals surface area contributed by atoms with Crippen molar-refractivity contribution in [1.82, 2.24) is 15.2 Å². The zero-order valence-electron chi connectivity index (χ0n) is 15.0. The predicted octanol–water partition coefficient (Wildman–Crippen LogP) is 3.58. The van der Waals surface area contributed by atoms with Crippen LogP contribution in [0.3, 0.4) is 0 Å². The predicted molar refractivity (Wildman–Crippen MR) is 104 cm³/mol. The highest BCUT2D eigenvalue weighted by Gasteiger charge is 2.15. The Hall–Kier alpha value is -2.60. The van der Waals surface area contributed by atoms with E-state index in [1.807, 2.05) is 26.0 Å². The summed E-state index contributed by atoms with van der Waals surface area (Å²) in [4.78, 5) is 30.2. The first-order chi connectivity index (χ1) is 12.5. The lowest BCUT2D eigenvalue weighted by atomic mass is 10.1. The average molecular weight is 375 g/mol. The molecule has 2 aromatic rings. The Morgan fingerprint density at radius 1 is 1.12 bits per heavy atom. The van der Waals surface area contributed by atoms with E-state index >= 15 is 0 Å². The van der Waals surface area contributed by atoms with Crippen LogP contribution in [-0.4, -0.2) is 41.5 Å². The smallest absolute Gasteiger partial charge is 0.319 e. The molecule has 0 spiro atoms. The number of carbonyl (C=O) groups is 2. The van der Waals surface area contributed by atoms with E-state index in [0.29, 0.717) is 42.3 Å². The second-order valence-corrected chi connectivity index (χ2v) is 6.07. The van der Waals surface area contributed by atoms with Crippen molar-refractivity contribution in [2.45, 2.75) is 20.3 Å². The number of benzene rings is 1. The molecule has 0 bridgehead atoms. The second kappa shape index (κ2) is 9.77. The fourth-order valence-corrected chi connectivity index (χ4v) is 2.65. The molecule has 1 aromatic carbocycles. The number of nitrogens with one attached hydrogen (secondary N) is 2. The maximum atomic E-state index is 12.4. The lowest BCUT2D eigenvalue weighted by Gasteiger charge is -2.19. The van der Waals surface area contributed by atoms with Gasteiger partial charge in [-0.15, -0.1) is 0 Å². The maximum Gasteiger partial charge on any atom is 0.319 e. The van der Waals surface area contributed by atoms with E-state index in [0.717, 1.165) is 5.56 Å². The summed E-state index contributed by atoms with van der Waals surface area (Å²) >= 11 is 6.15. The molecule has 0 fully saturated rings. The van der Waals surface area contributed by atoms with Crippen LogP contribution in [0.5, 0.6) is 0 Å². The lowest BCUT2D eigenvalue weighted by molar-refractivity contribution is 0.0773. The minimum Gasteiger partial charge on any atom is -0.339 e. The van der Waals surface area contributed by atoms with Gasteiger partial charge in [-0.05, 0) is 56.2 Å². The van der Waals surface area contributed by atoms with Gasteiger partial charge in [-0.3, -0.25) is 9.78 Å². The number of rotatable bonds is 7. The number of halogens is 1. The van der Waals surface area contributed by atoms with Crippen LogP contribution in [0.1, 0.15) is 29.8 Å². The molecule has 2 rings (SSSR count). The highest BCUT2D eigenvalue weighted by atomic mass is 35.5. The molecule has 0 aliphatic carbocycles. The maximum absolute atomic E-state index is 12.4. The molecule has 1 aromatic heterocycles. The second-order valence-electron chi connectivity index (χ2n) is 5.66. The Labute approximate surface area is 158 Å². The summed E-state index contributed by atoms with van der Waals surface area (Å²) in [6, 6.07) is 8.32. The van der Waals surface area contributed by atoms with Gasteiger partial charge in [0.25, 0.3) is 5.91 Å². The highest BCUT2D eigenvalue weighted by molar-refractivity contribution is 6.33. The zero-order valence-corrected chi connectivity index (χ0v) is 15.7. The first-order valence-electron chi connectivity index (χ1n) is 8.57. The Balaban J connectivity index is 1.96. The topological polar surface area (TPSA) is 74.3 Å². The average Bonchev–Trinajstić information content (AvgIpc) is 2.65. The van der Waals surface area contributed by atoms with Gasteiger partial charge in [-0.25, -0.2) is 4.79 Å². The van der Waals surface area contributed by atoms with Crippen LogP contribution in [0, 0.1) is 0 Å². The molecule has 0 unspecified atom stereocenters. The van der Waals surface area contributed by atoms with Gasteiger partial charge in [0.15, 0.2) is 0 Å². The molecule has 1 heterocycles. The van der Waals surface area contributed by atoms with Gasteiger partial charge in [0.2, 0.25) is 0 Å². The number of urea groups is 1. The number of nitrogens with zero attached hydrogens (tertiary/aromatic N) is 2. The fourth-order valence-electron chi connectivity index (χ4n) is 2.48. The minimum atomic E-state index is -0.367. The molecular formula is C19H23ClN4O2. The number of hydrogen-bond acceptors (Lipinski definition) is 3. The van der Waals surface area contributed by atoms with Crippen LogP contribution in [0.4, 0.5) is 10.5 Å². The summed E-state index contributed by atoms with van der Waals surface area (Å²) in [5, 5.41) is 5.86. The monoisotopic (exact) mass is 374 g/mol. The SMILES string of the molecule is CCN(CC)C(=O)c1ccc(Cl)c(NC(=O)NCCc2ccncc2)c1. The summed E-state index contributed by atoms with van der Waals surface area (Å²) in [5.74, 6) is -0.0900. The third-order valence-corrected chi connectivity index (χ3v) is 4.29. The Morgan fingerprint density at radius 3 is 2.46 bits per heavy atom.